The average molecular weight is 393 g/mol. The summed E-state index contributed by atoms with van der Waals surface area (Å²) >= 11 is 0. The van der Waals surface area contributed by atoms with Crippen LogP contribution in [0.15, 0.2) is 48.2 Å². The number of hydrogen-bond acceptors (Lipinski definition) is 7. The zero-order chi connectivity index (χ0) is 20.5. The van der Waals surface area contributed by atoms with Crippen LogP contribution in [0.4, 0.5) is 5.69 Å². The number of nitrogens with one attached hydrogen (secondary N) is 1. The van der Waals surface area contributed by atoms with Crippen LogP contribution in [0.3, 0.4) is 0 Å². The second kappa shape index (κ2) is 7.36. The van der Waals surface area contributed by atoms with E-state index in [4.69, 9.17) is 9.84 Å². The number of nitrogens with zero attached hydrogens (tertiary/aromatic N) is 4. The van der Waals surface area contributed by atoms with E-state index in [1.807, 2.05) is 37.3 Å². The Balaban J connectivity index is 1.63. The minimum atomic E-state index is -0.467. The number of aromatic nitrogens is 3. The molecule has 1 aromatic heterocycles. The van der Waals surface area contributed by atoms with Gasteiger partial charge in [-0.1, -0.05) is 0 Å². The van der Waals surface area contributed by atoms with Crippen molar-refractivity contribution in [1.82, 2.24) is 19.9 Å². The van der Waals surface area contributed by atoms with Crippen LogP contribution in [0, 0.1) is 6.92 Å². The molecule has 148 valence electrons. The largest absolute Gasteiger partial charge is 0.497 e. The zero-order valence-corrected chi connectivity index (χ0v) is 15.9. The van der Waals surface area contributed by atoms with Gasteiger partial charge in [-0.3, -0.25) is 14.5 Å². The smallest absolute Gasteiger partial charge is 0.277 e. The van der Waals surface area contributed by atoms with E-state index in [9.17, 15) is 9.59 Å². The van der Waals surface area contributed by atoms with Crippen molar-refractivity contribution in [1.29, 1.82) is 0 Å². The number of fused-ring (bicyclic) bond motifs is 1. The summed E-state index contributed by atoms with van der Waals surface area (Å²) in [6.45, 7) is 1.56. The van der Waals surface area contributed by atoms with Gasteiger partial charge in [0.1, 0.15) is 22.5 Å². The first-order valence-corrected chi connectivity index (χ1v) is 8.97. The molecule has 0 saturated carbocycles. The summed E-state index contributed by atoms with van der Waals surface area (Å²) in [6.07, 6.45) is 1.23. The summed E-state index contributed by atoms with van der Waals surface area (Å²) < 4.78 is 5.17. The van der Waals surface area contributed by atoms with Crippen LogP contribution in [0.5, 0.6) is 5.75 Å². The van der Waals surface area contributed by atoms with Gasteiger partial charge in [0, 0.05) is 11.8 Å². The lowest BCUT2D eigenvalue weighted by atomic mass is 10.1. The number of β-amino-alcohol motifs (C(OH)–C–C–N with tert-alkyl or cyclic N) is 1. The molecule has 0 unspecified atom stereocenters. The fraction of sp³-hybridized carbons (Fsp3) is 0.200. The van der Waals surface area contributed by atoms with E-state index in [0.29, 0.717) is 16.7 Å². The summed E-state index contributed by atoms with van der Waals surface area (Å²) in [5, 5.41) is 21.0. The Labute approximate surface area is 166 Å². The molecule has 1 aliphatic heterocycles. The molecule has 0 radical (unpaired) electrons. The first-order chi connectivity index (χ1) is 14.0. The van der Waals surface area contributed by atoms with E-state index in [-0.39, 0.29) is 18.8 Å². The average Bonchev–Trinajstić information content (AvgIpc) is 3.24. The Bertz CT molecular complexity index is 1130. The molecule has 0 fully saturated rings. The standard InChI is InChI=1S/C20H19N5O4/c1-12-9-16-17(23-25(22-16)13-3-5-14(29-2)6-4-13)10-15(12)21-18-11-19(27)24(7-8-26)20(18)28/h3-6,9-11,21,26H,7-8H2,1-2H3. The van der Waals surface area contributed by atoms with Gasteiger partial charge in [0.15, 0.2) is 0 Å². The number of carbonyl (C=O) groups is 2. The quantitative estimate of drug-likeness (QED) is 0.609. The van der Waals surface area contributed by atoms with Gasteiger partial charge >= 0.3 is 0 Å². The topological polar surface area (TPSA) is 110 Å². The highest BCUT2D eigenvalue weighted by atomic mass is 16.5. The van der Waals surface area contributed by atoms with Crippen LogP contribution in [0.25, 0.3) is 16.7 Å². The highest BCUT2D eigenvalue weighted by Crippen LogP contribution is 2.25. The molecular formula is C20H19N5O4. The van der Waals surface area contributed by atoms with Gasteiger partial charge in [0.25, 0.3) is 11.8 Å². The molecule has 0 atom stereocenters. The second-order valence-electron chi connectivity index (χ2n) is 6.54. The summed E-state index contributed by atoms with van der Waals surface area (Å²) in [6, 6.07) is 11.0. The molecule has 4 rings (SSSR count). The number of carbonyl (C=O) groups excluding carboxylic acids is 2. The number of imide groups is 1. The third-order valence-corrected chi connectivity index (χ3v) is 4.63. The van der Waals surface area contributed by atoms with E-state index in [2.05, 4.69) is 15.5 Å². The molecule has 0 bridgehead atoms. The molecular weight excluding hydrogens is 374 g/mol. The van der Waals surface area contributed by atoms with Gasteiger partial charge in [0.2, 0.25) is 0 Å². The third kappa shape index (κ3) is 3.43. The van der Waals surface area contributed by atoms with Crippen molar-refractivity contribution in [3.05, 3.63) is 53.7 Å². The van der Waals surface area contributed by atoms with Gasteiger partial charge in [0.05, 0.1) is 25.9 Å². The van der Waals surface area contributed by atoms with Gasteiger partial charge in [-0.05, 0) is 48.9 Å². The van der Waals surface area contributed by atoms with Crippen LogP contribution < -0.4 is 10.1 Å². The lowest BCUT2D eigenvalue weighted by molar-refractivity contribution is -0.137. The number of methoxy groups -OCH3 is 1. The van der Waals surface area contributed by atoms with Crippen LogP contribution in [-0.2, 0) is 9.59 Å². The maximum Gasteiger partial charge on any atom is 0.277 e. The number of aliphatic hydroxyl groups is 1. The van der Waals surface area contributed by atoms with Gasteiger partial charge < -0.3 is 15.2 Å². The van der Waals surface area contributed by atoms with Crippen molar-refractivity contribution in [2.75, 3.05) is 25.6 Å². The third-order valence-electron chi connectivity index (χ3n) is 4.63. The second-order valence-corrected chi connectivity index (χ2v) is 6.54. The van der Waals surface area contributed by atoms with Crippen LogP contribution >= 0.6 is 0 Å². The molecule has 0 aliphatic carbocycles. The van der Waals surface area contributed by atoms with Crippen molar-refractivity contribution < 1.29 is 19.4 Å². The normalized spacial score (nSPS) is 13.9. The molecule has 0 spiro atoms. The fourth-order valence-electron chi connectivity index (χ4n) is 3.09. The number of rotatable bonds is 6. The molecule has 0 saturated heterocycles. The number of amides is 2. The number of anilines is 1. The number of ether oxygens (including phenoxy) is 1. The van der Waals surface area contributed by atoms with E-state index in [1.54, 1.807) is 13.2 Å². The van der Waals surface area contributed by atoms with Crippen molar-refractivity contribution in [3.63, 3.8) is 0 Å². The Kier molecular flexibility index (Phi) is 4.73. The molecule has 1 aliphatic rings. The van der Waals surface area contributed by atoms with Crippen molar-refractivity contribution in [2.24, 2.45) is 0 Å². The molecule has 2 N–H and O–H groups in total. The SMILES string of the molecule is COc1ccc(-n2nc3cc(C)c(NC4=CC(=O)N(CCO)C4=O)cc3n2)cc1. The van der Waals surface area contributed by atoms with Crippen LogP contribution in [0.1, 0.15) is 5.56 Å². The molecule has 2 heterocycles. The Morgan fingerprint density at radius 2 is 1.79 bits per heavy atom. The summed E-state index contributed by atoms with van der Waals surface area (Å²) in [4.78, 5) is 26.8. The fourth-order valence-corrected chi connectivity index (χ4v) is 3.09. The lowest BCUT2D eigenvalue weighted by Gasteiger charge is -2.14. The number of benzene rings is 2. The van der Waals surface area contributed by atoms with Crippen molar-refractivity contribution >= 4 is 28.5 Å². The van der Waals surface area contributed by atoms with Gasteiger partial charge in [-0.25, -0.2) is 0 Å². The molecule has 2 amide bonds. The van der Waals surface area contributed by atoms with E-state index in [0.717, 1.165) is 21.9 Å². The first-order valence-electron chi connectivity index (χ1n) is 8.97. The zero-order valence-electron chi connectivity index (χ0n) is 15.9. The number of aliphatic hydroxyl groups excluding tert-OH is 1. The van der Waals surface area contributed by atoms with Gasteiger partial charge in [-0.15, -0.1) is 10.2 Å². The highest BCUT2D eigenvalue weighted by Gasteiger charge is 2.30. The minimum Gasteiger partial charge on any atom is -0.497 e. The molecule has 9 heteroatoms. The monoisotopic (exact) mass is 393 g/mol. The predicted molar refractivity (Wildman–Crippen MR) is 106 cm³/mol. The highest BCUT2D eigenvalue weighted by molar-refractivity contribution is 6.17. The van der Waals surface area contributed by atoms with Crippen LogP contribution in [-0.4, -0.2) is 57.1 Å². The summed E-state index contributed by atoms with van der Waals surface area (Å²) in [5.74, 6) is -0.173. The first kappa shape index (κ1) is 18.6. The maximum atomic E-state index is 12.3. The Hall–Kier alpha value is -3.72. The number of hydrogen-bond donors (Lipinski definition) is 2. The Morgan fingerprint density at radius 1 is 1.10 bits per heavy atom. The maximum absolute atomic E-state index is 12.3. The summed E-state index contributed by atoms with van der Waals surface area (Å²) in [7, 11) is 1.61. The van der Waals surface area contributed by atoms with Crippen LogP contribution in [0.2, 0.25) is 0 Å². The Morgan fingerprint density at radius 3 is 2.45 bits per heavy atom. The molecule has 3 aromatic rings. The minimum absolute atomic E-state index is 0.0342. The van der Waals surface area contributed by atoms with E-state index >= 15 is 0 Å². The number of aryl methyl sites for hydroxylation is 1. The molecule has 9 nitrogen and oxygen atoms in total. The van der Waals surface area contributed by atoms with Crippen molar-refractivity contribution in [2.45, 2.75) is 6.92 Å². The molecule has 2 aromatic carbocycles. The lowest BCUT2D eigenvalue weighted by Crippen LogP contribution is -2.34. The summed E-state index contributed by atoms with van der Waals surface area (Å²) in [5.41, 5.74) is 3.78. The van der Waals surface area contributed by atoms with E-state index < -0.39 is 11.8 Å². The van der Waals surface area contributed by atoms with E-state index in [1.165, 1.54) is 10.9 Å². The molecule has 29 heavy (non-hydrogen) atoms. The van der Waals surface area contributed by atoms with Crippen molar-refractivity contribution in [3.8, 4) is 11.4 Å². The van der Waals surface area contributed by atoms with Gasteiger partial charge in [-0.2, -0.15) is 4.80 Å². The predicted octanol–water partition coefficient (Wildman–Crippen LogP) is 1.39.